The molecule has 116 valence electrons. The minimum Gasteiger partial charge on any atom is -0.346 e. The van der Waals surface area contributed by atoms with E-state index in [9.17, 15) is 13.2 Å². The summed E-state index contributed by atoms with van der Waals surface area (Å²) in [5.41, 5.74) is 0.231. The van der Waals surface area contributed by atoms with E-state index >= 15 is 0 Å². The van der Waals surface area contributed by atoms with Crippen LogP contribution in [0.4, 0.5) is 0 Å². The molecule has 2 heterocycles. The minimum atomic E-state index is -3.03. The van der Waals surface area contributed by atoms with Crippen LogP contribution >= 0.6 is 11.3 Å². The van der Waals surface area contributed by atoms with Gasteiger partial charge in [0.15, 0.2) is 9.84 Å². The van der Waals surface area contributed by atoms with Crippen LogP contribution in [0.25, 0.3) is 16.3 Å². The normalized spacial score (nSPS) is 24.0. The summed E-state index contributed by atoms with van der Waals surface area (Å²) in [6, 6.07) is 7.77. The highest BCUT2D eigenvalue weighted by Gasteiger charge is 2.39. The number of hydrogen-bond acceptors (Lipinski definition) is 5. The Hall–Kier alpha value is -1.73. The van der Waals surface area contributed by atoms with Crippen molar-refractivity contribution < 1.29 is 13.2 Å². The van der Waals surface area contributed by atoms with E-state index in [-0.39, 0.29) is 17.4 Å². The van der Waals surface area contributed by atoms with Crippen LogP contribution in [-0.2, 0) is 14.6 Å². The van der Waals surface area contributed by atoms with Crippen LogP contribution in [0.1, 0.15) is 18.4 Å². The molecule has 0 unspecified atom stereocenters. The smallest absolute Gasteiger partial charge is 0.244 e. The van der Waals surface area contributed by atoms with Gasteiger partial charge in [0.25, 0.3) is 0 Å². The Morgan fingerprint density at radius 1 is 1.41 bits per heavy atom. The largest absolute Gasteiger partial charge is 0.346 e. The molecule has 1 amide bonds. The van der Waals surface area contributed by atoms with Gasteiger partial charge < -0.3 is 5.32 Å². The molecule has 5 nitrogen and oxygen atoms in total. The zero-order valence-electron chi connectivity index (χ0n) is 12.1. The van der Waals surface area contributed by atoms with E-state index in [4.69, 9.17) is 0 Å². The maximum atomic E-state index is 12.0. The molecular formula is C15H16N2O3S2. The number of thiazole rings is 1. The maximum absolute atomic E-state index is 12.0. The lowest BCUT2D eigenvalue weighted by Crippen LogP contribution is -2.46. The molecule has 1 aliphatic rings. The zero-order valence-corrected chi connectivity index (χ0v) is 13.7. The van der Waals surface area contributed by atoms with Crippen molar-refractivity contribution >= 4 is 43.4 Å². The number of para-hydroxylation sites is 1. The molecule has 0 bridgehead atoms. The van der Waals surface area contributed by atoms with Crippen molar-refractivity contribution in [3.63, 3.8) is 0 Å². The number of carbonyl (C=O) groups is 1. The first-order valence-corrected chi connectivity index (χ1v) is 9.55. The molecule has 1 aliphatic heterocycles. The van der Waals surface area contributed by atoms with E-state index in [0.29, 0.717) is 6.42 Å². The fourth-order valence-electron chi connectivity index (χ4n) is 2.56. The summed E-state index contributed by atoms with van der Waals surface area (Å²) in [4.78, 5) is 16.4. The Bertz CT molecular complexity index is 822. The second-order valence-corrected chi connectivity index (χ2v) is 8.99. The summed E-state index contributed by atoms with van der Waals surface area (Å²) in [6.07, 6.45) is 3.52. The Labute approximate surface area is 133 Å². The van der Waals surface area contributed by atoms with Gasteiger partial charge in [0.1, 0.15) is 5.01 Å². The van der Waals surface area contributed by atoms with Gasteiger partial charge in [-0.05, 0) is 31.6 Å². The van der Waals surface area contributed by atoms with Gasteiger partial charge in [0.2, 0.25) is 5.91 Å². The van der Waals surface area contributed by atoms with Gasteiger partial charge in [-0.1, -0.05) is 12.1 Å². The minimum absolute atomic E-state index is 0.000712. The van der Waals surface area contributed by atoms with Crippen LogP contribution in [-0.4, -0.2) is 36.4 Å². The fourth-order valence-corrected chi connectivity index (χ4v) is 5.52. The van der Waals surface area contributed by atoms with Crippen molar-refractivity contribution in [1.29, 1.82) is 0 Å². The van der Waals surface area contributed by atoms with Crippen molar-refractivity contribution in [3.8, 4) is 0 Å². The Morgan fingerprint density at radius 2 is 2.18 bits per heavy atom. The first-order valence-electron chi connectivity index (χ1n) is 6.92. The monoisotopic (exact) mass is 336 g/mol. The van der Waals surface area contributed by atoms with Crippen LogP contribution in [0.15, 0.2) is 30.3 Å². The summed E-state index contributed by atoms with van der Waals surface area (Å²) < 4.78 is 24.1. The first-order chi connectivity index (χ1) is 10.4. The molecule has 22 heavy (non-hydrogen) atoms. The number of hydrogen-bond donors (Lipinski definition) is 1. The summed E-state index contributed by atoms with van der Waals surface area (Å²) in [5.74, 6) is -0.162. The summed E-state index contributed by atoms with van der Waals surface area (Å²) >= 11 is 1.51. The lowest BCUT2D eigenvalue weighted by atomic mass is 10.0. The molecule has 7 heteroatoms. The number of fused-ring (bicyclic) bond motifs is 1. The first kappa shape index (κ1) is 15.2. The van der Waals surface area contributed by atoms with Crippen LogP contribution < -0.4 is 5.32 Å². The van der Waals surface area contributed by atoms with E-state index in [0.717, 1.165) is 15.2 Å². The van der Waals surface area contributed by atoms with Gasteiger partial charge >= 0.3 is 0 Å². The van der Waals surface area contributed by atoms with E-state index in [2.05, 4.69) is 10.3 Å². The molecule has 1 aromatic heterocycles. The highest BCUT2D eigenvalue weighted by molar-refractivity contribution is 7.91. The number of aromatic nitrogens is 1. The van der Waals surface area contributed by atoms with Crippen molar-refractivity contribution in [2.75, 3.05) is 11.5 Å². The standard InChI is InChI=1S/C15H16N2O3S2/c1-15(8-9-22(19,20)10-15)17-13(18)6-7-14-16-11-4-2-3-5-12(11)21-14/h2-7H,8-10H2,1H3,(H,17,18)/b7-6+/t15-/m1/s1. The van der Waals surface area contributed by atoms with Gasteiger partial charge in [-0.15, -0.1) is 11.3 Å². The molecule has 2 aromatic rings. The topological polar surface area (TPSA) is 76.1 Å². The van der Waals surface area contributed by atoms with E-state index < -0.39 is 15.4 Å². The number of sulfone groups is 1. The van der Waals surface area contributed by atoms with Crippen LogP contribution in [0.5, 0.6) is 0 Å². The van der Waals surface area contributed by atoms with Crippen molar-refractivity contribution in [2.45, 2.75) is 18.9 Å². The summed E-state index contributed by atoms with van der Waals surface area (Å²) in [5, 5.41) is 3.54. The van der Waals surface area contributed by atoms with Gasteiger partial charge in [-0.2, -0.15) is 0 Å². The molecule has 1 atom stereocenters. The predicted molar refractivity (Wildman–Crippen MR) is 88.5 cm³/mol. The van der Waals surface area contributed by atoms with E-state index in [1.807, 2.05) is 24.3 Å². The van der Waals surface area contributed by atoms with Gasteiger partial charge in [0, 0.05) is 6.08 Å². The number of benzene rings is 1. The molecule has 0 aliphatic carbocycles. The van der Waals surface area contributed by atoms with Gasteiger partial charge in [-0.25, -0.2) is 13.4 Å². The van der Waals surface area contributed by atoms with Gasteiger partial charge in [0.05, 0.1) is 27.3 Å². The third kappa shape index (κ3) is 3.36. The average molecular weight is 336 g/mol. The molecule has 3 rings (SSSR count). The molecule has 1 saturated heterocycles. The number of nitrogens with zero attached hydrogens (tertiary/aromatic N) is 1. The highest BCUT2D eigenvalue weighted by atomic mass is 32.2. The number of amides is 1. The third-order valence-corrected chi connectivity index (χ3v) is 6.52. The molecule has 1 aromatic carbocycles. The zero-order chi connectivity index (χ0) is 15.8. The predicted octanol–water partition coefficient (Wildman–Crippen LogP) is 2.00. The van der Waals surface area contributed by atoms with E-state index in [1.165, 1.54) is 17.4 Å². The highest BCUT2D eigenvalue weighted by Crippen LogP contribution is 2.24. The van der Waals surface area contributed by atoms with Crippen LogP contribution in [0, 0.1) is 0 Å². The molecule has 1 fully saturated rings. The van der Waals surface area contributed by atoms with Gasteiger partial charge in [-0.3, -0.25) is 4.79 Å². The summed E-state index contributed by atoms with van der Waals surface area (Å²) in [7, 11) is -3.03. The molecular weight excluding hydrogens is 320 g/mol. The SMILES string of the molecule is C[C@@]1(NC(=O)/C=C/c2nc3ccccc3s2)CCS(=O)(=O)C1. The number of nitrogens with one attached hydrogen (secondary N) is 1. The van der Waals surface area contributed by atoms with E-state index in [1.54, 1.807) is 13.0 Å². The summed E-state index contributed by atoms with van der Waals surface area (Å²) in [6.45, 7) is 1.76. The lowest BCUT2D eigenvalue weighted by molar-refractivity contribution is -0.117. The van der Waals surface area contributed by atoms with Crippen molar-refractivity contribution in [3.05, 3.63) is 35.3 Å². The Balaban J connectivity index is 1.69. The van der Waals surface area contributed by atoms with Crippen LogP contribution in [0.3, 0.4) is 0 Å². The molecule has 0 spiro atoms. The van der Waals surface area contributed by atoms with Crippen molar-refractivity contribution in [1.82, 2.24) is 10.3 Å². The maximum Gasteiger partial charge on any atom is 0.244 e. The second-order valence-electron chi connectivity index (χ2n) is 5.75. The lowest BCUT2D eigenvalue weighted by Gasteiger charge is -2.22. The third-order valence-electron chi connectivity index (χ3n) is 3.62. The Morgan fingerprint density at radius 3 is 2.86 bits per heavy atom. The number of carbonyl (C=O) groups excluding carboxylic acids is 1. The van der Waals surface area contributed by atoms with Crippen molar-refractivity contribution in [2.24, 2.45) is 0 Å². The number of rotatable bonds is 3. The second kappa shape index (κ2) is 5.48. The Kier molecular flexibility index (Phi) is 3.78. The molecule has 0 radical (unpaired) electrons. The van der Waals surface area contributed by atoms with Crippen LogP contribution in [0.2, 0.25) is 0 Å². The fraction of sp³-hybridized carbons (Fsp3) is 0.333. The molecule has 1 N–H and O–H groups in total. The quantitative estimate of drug-likeness (QED) is 0.870. The average Bonchev–Trinajstić information content (AvgIpc) is 2.96. The molecule has 0 saturated carbocycles.